The molecule has 0 saturated carbocycles. The Balaban J connectivity index is 1.78. The molecule has 6 nitrogen and oxygen atoms in total. The fourth-order valence-corrected chi connectivity index (χ4v) is 2.91. The Kier molecular flexibility index (Phi) is 11.5. The van der Waals surface area contributed by atoms with Crippen LogP contribution in [0.3, 0.4) is 0 Å². The van der Waals surface area contributed by atoms with E-state index in [1.165, 1.54) is 0 Å². The van der Waals surface area contributed by atoms with Gasteiger partial charge in [0.2, 0.25) is 0 Å². The molecule has 0 aliphatic heterocycles. The van der Waals surface area contributed by atoms with E-state index in [4.69, 9.17) is 14.2 Å². The maximum atomic E-state index is 12.2. The molecular weight excluding hydrogens is 392 g/mol. The number of aryl methyl sites for hydroxylation is 1. The van der Waals surface area contributed by atoms with Gasteiger partial charge in [0.05, 0.1) is 6.61 Å². The Hall–Kier alpha value is -2.57. The minimum Gasteiger partial charge on any atom is -0.490 e. The third kappa shape index (κ3) is 9.85. The molecule has 0 aromatic heterocycles. The number of anilines is 1. The Morgan fingerprint density at radius 1 is 0.935 bits per heavy atom. The Morgan fingerprint density at radius 2 is 1.71 bits per heavy atom. The van der Waals surface area contributed by atoms with E-state index in [2.05, 4.69) is 17.6 Å². The predicted octanol–water partition coefficient (Wildman–Crippen LogP) is 4.71. The number of unbranched alkanes of at least 4 members (excludes halogenated alkanes) is 1. The van der Waals surface area contributed by atoms with E-state index in [1.54, 1.807) is 0 Å². The summed E-state index contributed by atoms with van der Waals surface area (Å²) >= 11 is 0. The fourth-order valence-electron chi connectivity index (χ4n) is 2.91. The maximum absolute atomic E-state index is 12.2. The van der Waals surface area contributed by atoms with Crippen LogP contribution in [0.15, 0.2) is 42.5 Å². The van der Waals surface area contributed by atoms with Crippen LogP contribution >= 0.6 is 0 Å². The largest absolute Gasteiger partial charge is 0.490 e. The first kappa shape index (κ1) is 24.7. The van der Waals surface area contributed by atoms with Gasteiger partial charge in [-0.25, -0.2) is 0 Å². The fraction of sp³-hybridized carbons (Fsp3) is 0.480. The van der Waals surface area contributed by atoms with Crippen LogP contribution in [0.4, 0.5) is 5.69 Å². The highest BCUT2D eigenvalue weighted by Crippen LogP contribution is 2.28. The highest BCUT2D eigenvalue weighted by atomic mass is 16.5. The molecule has 0 bridgehead atoms. The summed E-state index contributed by atoms with van der Waals surface area (Å²) < 4.78 is 17.0. The van der Waals surface area contributed by atoms with E-state index < -0.39 is 0 Å². The first-order valence-electron chi connectivity index (χ1n) is 11.2. The quantitative estimate of drug-likeness (QED) is 0.402. The summed E-state index contributed by atoms with van der Waals surface area (Å²) in [7, 11) is 0. The van der Waals surface area contributed by atoms with Crippen molar-refractivity contribution in [3.05, 3.63) is 53.6 Å². The van der Waals surface area contributed by atoms with Crippen molar-refractivity contribution in [3.63, 3.8) is 0 Å². The van der Waals surface area contributed by atoms with E-state index >= 15 is 0 Å². The Bertz CT molecular complexity index is 778. The molecule has 31 heavy (non-hydrogen) atoms. The van der Waals surface area contributed by atoms with Crippen LogP contribution in [0.25, 0.3) is 0 Å². The summed E-state index contributed by atoms with van der Waals surface area (Å²) in [5, 5.41) is 6.26. The van der Waals surface area contributed by atoms with Gasteiger partial charge in [-0.3, -0.25) is 4.79 Å². The van der Waals surface area contributed by atoms with Gasteiger partial charge < -0.3 is 24.8 Å². The first-order chi connectivity index (χ1) is 15.1. The number of rotatable bonds is 15. The summed E-state index contributed by atoms with van der Waals surface area (Å²) in [6.07, 6.45) is 3.27. The molecule has 2 N–H and O–H groups in total. The van der Waals surface area contributed by atoms with Crippen molar-refractivity contribution in [1.29, 1.82) is 0 Å². The minimum atomic E-state index is -0.210. The highest BCUT2D eigenvalue weighted by Gasteiger charge is 2.10. The SMILES string of the molecule is CCCCOCCCNCc1ccc(OCC(=O)Nc2ccc(C)cc2)c(OCC)c1. The van der Waals surface area contributed by atoms with E-state index in [0.717, 1.165) is 62.4 Å². The van der Waals surface area contributed by atoms with Crippen molar-refractivity contribution in [3.8, 4) is 11.5 Å². The van der Waals surface area contributed by atoms with Crippen molar-refractivity contribution in [2.24, 2.45) is 0 Å². The summed E-state index contributed by atoms with van der Waals surface area (Å²) in [5.41, 5.74) is 3.00. The normalized spacial score (nSPS) is 10.7. The minimum absolute atomic E-state index is 0.0798. The third-order valence-corrected chi connectivity index (χ3v) is 4.62. The summed E-state index contributed by atoms with van der Waals surface area (Å²) in [4.78, 5) is 12.2. The molecule has 0 atom stereocenters. The molecule has 1 amide bonds. The standard InChI is InChI=1S/C25H36N2O4/c1-4-6-15-29-16-7-14-26-18-21-10-13-23(24(17-21)30-5-2)31-19-25(28)27-22-11-8-20(3)9-12-22/h8-13,17,26H,4-7,14-16,18-19H2,1-3H3,(H,27,28). The van der Waals surface area contributed by atoms with E-state index in [9.17, 15) is 4.79 Å². The predicted molar refractivity (Wildman–Crippen MR) is 125 cm³/mol. The lowest BCUT2D eigenvalue weighted by molar-refractivity contribution is -0.118. The monoisotopic (exact) mass is 428 g/mol. The van der Waals surface area contributed by atoms with Crippen LogP contribution in [0, 0.1) is 6.92 Å². The summed E-state index contributed by atoms with van der Waals surface area (Å²) in [5.74, 6) is 1.00. The topological polar surface area (TPSA) is 68.8 Å². The van der Waals surface area contributed by atoms with Crippen molar-refractivity contribution >= 4 is 11.6 Å². The number of amides is 1. The van der Waals surface area contributed by atoms with Gasteiger partial charge in [0, 0.05) is 25.4 Å². The van der Waals surface area contributed by atoms with Crippen LogP contribution in [-0.2, 0) is 16.1 Å². The molecule has 0 spiro atoms. The molecule has 6 heteroatoms. The van der Waals surface area contributed by atoms with Gasteiger partial charge >= 0.3 is 0 Å². The second-order valence-electron chi connectivity index (χ2n) is 7.41. The lowest BCUT2D eigenvalue weighted by Crippen LogP contribution is -2.20. The summed E-state index contributed by atoms with van der Waals surface area (Å²) in [6.45, 7) is 9.81. The molecule has 170 valence electrons. The molecule has 2 rings (SSSR count). The molecule has 0 unspecified atom stereocenters. The van der Waals surface area contributed by atoms with E-state index in [-0.39, 0.29) is 12.5 Å². The van der Waals surface area contributed by atoms with Crippen LogP contribution in [0.1, 0.15) is 44.2 Å². The Labute approximate surface area is 186 Å². The van der Waals surface area contributed by atoms with E-state index in [0.29, 0.717) is 18.1 Å². The number of benzene rings is 2. The van der Waals surface area contributed by atoms with E-state index in [1.807, 2.05) is 56.3 Å². The molecule has 0 radical (unpaired) electrons. The van der Waals surface area contributed by atoms with Crippen LogP contribution in [-0.4, -0.2) is 38.9 Å². The van der Waals surface area contributed by atoms with Gasteiger partial charge in [0.1, 0.15) is 0 Å². The summed E-state index contributed by atoms with van der Waals surface area (Å²) in [6, 6.07) is 13.5. The van der Waals surface area contributed by atoms with Gasteiger partial charge in [-0.05, 0) is 63.1 Å². The smallest absolute Gasteiger partial charge is 0.262 e. The molecule has 0 fully saturated rings. The van der Waals surface area contributed by atoms with Gasteiger partial charge in [0.15, 0.2) is 18.1 Å². The van der Waals surface area contributed by atoms with Gasteiger partial charge in [-0.2, -0.15) is 0 Å². The number of carbonyl (C=O) groups excluding carboxylic acids is 1. The maximum Gasteiger partial charge on any atom is 0.262 e. The molecule has 0 saturated heterocycles. The van der Waals surface area contributed by atoms with Gasteiger partial charge in [0.25, 0.3) is 5.91 Å². The van der Waals surface area contributed by atoms with Gasteiger partial charge in [-0.1, -0.05) is 37.1 Å². The van der Waals surface area contributed by atoms with Crippen molar-refractivity contribution in [2.45, 2.75) is 46.6 Å². The zero-order valence-corrected chi connectivity index (χ0v) is 19.0. The average Bonchev–Trinajstić information content (AvgIpc) is 2.77. The number of hydrogen-bond donors (Lipinski definition) is 2. The highest BCUT2D eigenvalue weighted by molar-refractivity contribution is 5.91. The van der Waals surface area contributed by atoms with Crippen LogP contribution in [0.5, 0.6) is 11.5 Å². The second kappa shape index (κ2) is 14.4. The lowest BCUT2D eigenvalue weighted by Gasteiger charge is -2.14. The van der Waals surface area contributed by atoms with Crippen molar-refractivity contribution in [2.75, 3.05) is 38.3 Å². The van der Waals surface area contributed by atoms with Crippen LogP contribution < -0.4 is 20.1 Å². The molecule has 0 heterocycles. The molecule has 0 aliphatic rings. The second-order valence-corrected chi connectivity index (χ2v) is 7.41. The number of nitrogens with one attached hydrogen (secondary N) is 2. The Morgan fingerprint density at radius 3 is 2.45 bits per heavy atom. The number of hydrogen-bond acceptors (Lipinski definition) is 5. The first-order valence-corrected chi connectivity index (χ1v) is 11.2. The lowest BCUT2D eigenvalue weighted by atomic mass is 10.2. The number of ether oxygens (including phenoxy) is 3. The van der Waals surface area contributed by atoms with Crippen LogP contribution in [0.2, 0.25) is 0 Å². The third-order valence-electron chi connectivity index (χ3n) is 4.62. The molecule has 0 aliphatic carbocycles. The number of carbonyl (C=O) groups is 1. The average molecular weight is 429 g/mol. The van der Waals surface area contributed by atoms with Crippen molar-refractivity contribution in [1.82, 2.24) is 5.32 Å². The molecular formula is C25H36N2O4. The zero-order chi connectivity index (χ0) is 22.3. The van der Waals surface area contributed by atoms with Crippen molar-refractivity contribution < 1.29 is 19.0 Å². The molecule has 2 aromatic carbocycles. The van der Waals surface area contributed by atoms with Gasteiger partial charge in [-0.15, -0.1) is 0 Å². The molecule has 2 aromatic rings. The zero-order valence-electron chi connectivity index (χ0n) is 19.0.